The SMILES string of the molecule is COc1cc(/C=N\Nc2nc(NCc3ccccc3)nc(N3CCOCC3)n2)cc(OC)c1OC. The summed E-state index contributed by atoms with van der Waals surface area (Å²) in [7, 11) is 4.70. The van der Waals surface area contributed by atoms with E-state index in [0.29, 0.717) is 67.9 Å². The number of nitrogens with one attached hydrogen (secondary N) is 2. The Hall–Kier alpha value is -4.12. The molecule has 11 nitrogen and oxygen atoms in total. The van der Waals surface area contributed by atoms with Crippen molar-refractivity contribution >= 4 is 24.1 Å². The van der Waals surface area contributed by atoms with Gasteiger partial charge in [-0.15, -0.1) is 0 Å². The summed E-state index contributed by atoms with van der Waals surface area (Å²) in [6.07, 6.45) is 1.62. The van der Waals surface area contributed by atoms with E-state index in [0.717, 1.165) is 11.1 Å². The third kappa shape index (κ3) is 6.27. The average molecular weight is 480 g/mol. The maximum atomic E-state index is 5.46. The maximum Gasteiger partial charge on any atom is 0.250 e. The lowest BCUT2D eigenvalue weighted by Gasteiger charge is -2.27. The van der Waals surface area contributed by atoms with Crippen LogP contribution in [0.3, 0.4) is 0 Å². The first kappa shape index (κ1) is 24.0. The number of hydrogen-bond donors (Lipinski definition) is 2. The van der Waals surface area contributed by atoms with Crippen LogP contribution in [0.1, 0.15) is 11.1 Å². The van der Waals surface area contributed by atoms with Crippen LogP contribution in [0.4, 0.5) is 17.8 Å². The molecule has 1 aliphatic heterocycles. The first-order valence-electron chi connectivity index (χ1n) is 11.2. The molecule has 184 valence electrons. The molecule has 0 aliphatic carbocycles. The Morgan fingerprint density at radius 2 is 1.63 bits per heavy atom. The molecule has 1 aromatic heterocycles. The second-order valence-electron chi connectivity index (χ2n) is 7.55. The van der Waals surface area contributed by atoms with Crippen molar-refractivity contribution in [2.45, 2.75) is 6.54 Å². The molecule has 2 heterocycles. The number of rotatable bonds is 10. The summed E-state index contributed by atoms with van der Waals surface area (Å²) in [5.41, 5.74) is 4.78. The Morgan fingerprint density at radius 1 is 0.943 bits per heavy atom. The molecule has 0 amide bonds. The Bertz CT molecular complexity index is 1110. The highest BCUT2D eigenvalue weighted by Crippen LogP contribution is 2.37. The smallest absolute Gasteiger partial charge is 0.250 e. The summed E-state index contributed by atoms with van der Waals surface area (Å²) >= 11 is 0. The zero-order valence-corrected chi connectivity index (χ0v) is 20.0. The first-order valence-corrected chi connectivity index (χ1v) is 11.2. The summed E-state index contributed by atoms with van der Waals surface area (Å²) in [5.74, 6) is 2.92. The molecule has 35 heavy (non-hydrogen) atoms. The second kappa shape index (κ2) is 11.8. The molecule has 1 fully saturated rings. The van der Waals surface area contributed by atoms with Crippen molar-refractivity contribution in [3.8, 4) is 17.2 Å². The summed E-state index contributed by atoms with van der Waals surface area (Å²) in [4.78, 5) is 15.7. The van der Waals surface area contributed by atoms with Gasteiger partial charge in [0.2, 0.25) is 23.6 Å². The Labute approximate surface area is 204 Å². The molecule has 3 aromatic rings. The minimum Gasteiger partial charge on any atom is -0.493 e. The highest BCUT2D eigenvalue weighted by molar-refractivity contribution is 5.82. The quantitative estimate of drug-likeness (QED) is 0.332. The number of benzene rings is 2. The van der Waals surface area contributed by atoms with Crippen molar-refractivity contribution in [1.82, 2.24) is 15.0 Å². The highest BCUT2D eigenvalue weighted by atomic mass is 16.5. The second-order valence-corrected chi connectivity index (χ2v) is 7.55. The molecule has 0 unspecified atom stereocenters. The molecule has 0 radical (unpaired) electrons. The molecular weight excluding hydrogens is 450 g/mol. The van der Waals surface area contributed by atoms with Crippen molar-refractivity contribution in [2.24, 2.45) is 5.10 Å². The number of ether oxygens (including phenoxy) is 4. The predicted octanol–water partition coefficient (Wildman–Crippen LogP) is 2.79. The lowest BCUT2D eigenvalue weighted by Crippen LogP contribution is -2.37. The number of methoxy groups -OCH3 is 3. The van der Waals surface area contributed by atoms with Crippen LogP contribution in [0, 0.1) is 0 Å². The van der Waals surface area contributed by atoms with E-state index in [4.69, 9.17) is 18.9 Å². The van der Waals surface area contributed by atoms with Gasteiger partial charge in [-0.25, -0.2) is 5.43 Å². The molecule has 4 rings (SSSR count). The van der Waals surface area contributed by atoms with Crippen molar-refractivity contribution < 1.29 is 18.9 Å². The number of morpholine rings is 1. The van der Waals surface area contributed by atoms with Gasteiger partial charge in [0.15, 0.2) is 11.5 Å². The van der Waals surface area contributed by atoms with Gasteiger partial charge in [0.25, 0.3) is 0 Å². The summed E-state index contributed by atoms with van der Waals surface area (Å²) in [6.45, 7) is 3.25. The van der Waals surface area contributed by atoms with Crippen LogP contribution in [0.25, 0.3) is 0 Å². The average Bonchev–Trinajstić information content (AvgIpc) is 2.92. The van der Waals surface area contributed by atoms with Crippen LogP contribution in [0.15, 0.2) is 47.6 Å². The van der Waals surface area contributed by atoms with Crippen LogP contribution in [0.5, 0.6) is 17.2 Å². The highest BCUT2D eigenvalue weighted by Gasteiger charge is 2.17. The Morgan fingerprint density at radius 3 is 2.29 bits per heavy atom. The van der Waals surface area contributed by atoms with E-state index >= 15 is 0 Å². The van der Waals surface area contributed by atoms with Crippen molar-refractivity contribution in [3.05, 3.63) is 53.6 Å². The standard InChI is InChI=1S/C24H29N7O4/c1-32-19-13-18(14-20(33-2)21(19)34-3)16-26-30-23-27-22(25-15-17-7-5-4-6-8-17)28-24(29-23)31-9-11-35-12-10-31/h4-8,13-14,16H,9-12,15H2,1-3H3,(H2,25,27,28,29,30)/b26-16-. The van der Waals surface area contributed by atoms with E-state index in [1.54, 1.807) is 39.7 Å². The normalized spacial score (nSPS) is 13.5. The summed E-state index contributed by atoms with van der Waals surface area (Å²) < 4.78 is 21.6. The van der Waals surface area contributed by atoms with E-state index in [2.05, 4.69) is 35.7 Å². The van der Waals surface area contributed by atoms with Gasteiger partial charge >= 0.3 is 0 Å². The van der Waals surface area contributed by atoms with Crippen LogP contribution in [0.2, 0.25) is 0 Å². The lowest BCUT2D eigenvalue weighted by molar-refractivity contribution is 0.122. The third-order valence-electron chi connectivity index (χ3n) is 5.28. The fourth-order valence-electron chi connectivity index (χ4n) is 3.52. The van der Waals surface area contributed by atoms with Gasteiger partial charge in [0, 0.05) is 25.2 Å². The fraction of sp³-hybridized carbons (Fsp3) is 0.333. The molecule has 2 aromatic carbocycles. The Balaban J connectivity index is 1.54. The van der Waals surface area contributed by atoms with E-state index in [1.165, 1.54) is 0 Å². The van der Waals surface area contributed by atoms with E-state index in [9.17, 15) is 0 Å². The zero-order valence-electron chi connectivity index (χ0n) is 20.0. The number of aromatic nitrogens is 3. The fourth-order valence-corrected chi connectivity index (χ4v) is 3.52. The van der Waals surface area contributed by atoms with E-state index in [-0.39, 0.29) is 0 Å². The maximum absolute atomic E-state index is 5.46. The third-order valence-corrected chi connectivity index (χ3v) is 5.28. The van der Waals surface area contributed by atoms with Crippen LogP contribution in [-0.2, 0) is 11.3 Å². The van der Waals surface area contributed by atoms with Crippen molar-refractivity contribution in [2.75, 3.05) is 63.3 Å². The molecule has 11 heteroatoms. The molecule has 0 atom stereocenters. The number of nitrogens with zero attached hydrogens (tertiary/aromatic N) is 5. The minimum atomic E-state index is 0.320. The molecule has 2 N–H and O–H groups in total. The van der Waals surface area contributed by atoms with Crippen LogP contribution in [-0.4, -0.2) is 68.8 Å². The molecule has 1 aliphatic rings. The van der Waals surface area contributed by atoms with E-state index in [1.807, 2.05) is 30.3 Å². The van der Waals surface area contributed by atoms with Crippen molar-refractivity contribution in [3.63, 3.8) is 0 Å². The van der Waals surface area contributed by atoms with Crippen molar-refractivity contribution in [1.29, 1.82) is 0 Å². The largest absolute Gasteiger partial charge is 0.493 e. The first-order chi connectivity index (χ1) is 17.2. The molecule has 0 bridgehead atoms. The number of hydrogen-bond acceptors (Lipinski definition) is 11. The van der Waals surface area contributed by atoms with Gasteiger partial charge in [-0.1, -0.05) is 30.3 Å². The number of hydrazone groups is 1. The van der Waals surface area contributed by atoms with Gasteiger partial charge in [-0.05, 0) is 17.7 Å². The molecular formula is C24H29N7O4. The minimum absolute atomic E-state index is 0.320. The lowest BCUT2D eigenvalue weighted by atomic mass is 10.2. The van der Waals surface area contributed by atoms with Crippen LogP contribution < -0.4 is 29.9 Å². The topological polar surface area (TPSA) is 115 Å². The van der Waals surface area contributed by atoms with Crippen LogP contribution >= 0.6 is 0 Å². The monoisotopic (exact) mass is 479 g/mol. The summed E-state index contributed by atoms with van der Waals surface area (Å²) in [5, 5.41) is 7.59. The predicted molar refractivity (Wildman–Crippen MR) is 134 cm³/mol. The van der Waals surface area contributed by atoms with Gasteiger partial charge in [-0.3, -0.25) is 0 Å². The molecule has 0 saturated carbocycles. The van der Waals surface area contributed by atoms with Gasteiger partial charge < -0.3 is 29.2 Å². The van der Waals surface area contributed by atoms with Gasteiger partial charge in [0.1, 0.15) is 0 Å². The molecule has 0 spiro atoms. The Kier molecular flexibility index (Phi) is 8.12. The van der Waals surface area contributed by atoms with Gasteiger partial charge in [-0.2, -0.15) is 20.1 Å². The zero-order chi connectivity index (χ0) is 24.5. The molecule has 1 saturated heterocycles. The van der Waals surface area contributed by atoms with Gasteiger partial charge in [0.05, 0.1) is 40.8 Å². The summed E-state index contributed by atoms with van der Waals surface area (Å²) in [6, 6.07) is 13.6. The van der Waals surface area contributed by atoms with E-state index < -0.39 is 0 Å². The number of anilines is 3.